The van der Waals surface area contributed by atoms with E-state index in [0.29, 0.717) is 12.1 Å². The Balaban J connectivity index is 1.61. The van der Waals surface area contributed by atoms with E-state index in [9.17, 15) is 9.18 Å². The van der Waals surface area contributed by atoms with Gasteiger partial charge in [0.2, 0.25) is 0 Å². The zero-order chi connectivity index (χ0) is 15.7. The Morgan fingerprint density at radius 3 is 2.59 bits per heavy atom. The first-order valence-corrected chi connectivity index (χ1v) is 7.98. The van der Waals surface area contributed by atoms with E-state index in [0.717, 1.165) is 12.8 Å². The molecule has 120 valence electrons. The average Bonchev–Trinajstić information content (AvgIpc) is 2.86. The fourth-order valence-corrected chi connectivity index (χ4v) is 3.59. The highest BCUT2D eigenvalue weighted by atomic mass is 19.1. The van der Waals surface area contributed by atoms with Crippen molar-refractivity contribution in [2.24, 2.45) is 0 Å². The van der Waals surface area contributed by atoms with Crippen LogP contribution in [-0.4, -0.2) is 42.1 Å². The number of hydrogen-bond acceptors (Lipinski definition) is 3. The van der Waals surface area contributed by atoms with E-state index >= 15 is 0 Å². The number of carbonyl (C=O) groups excluding carboxylic acids is 1. The molecule has 4 nitrogen and oxygen atoms in total. The quantitative estimate of drug-likeness (QED) is 0.928. The lowest BCUT2D eigenvalue weighted by atomic mass is 9.98. The van der Waals surface area contributed by atoms with Crippen molar-refractivity contribution in [3.8, 4) is 5.75 Å². The van der Waals surface area contributed by atoms with Crippen LogP contribution in [-0.2, 0) is 4.79 Å². The van der Waals surface area contributed by atoms with Gasteiger partial charge in [-0.1, -0.05) is 12.1 Å². The molecule has 0 aromatic heterocycles. The highest BCUT2D eigenvalue weighted by Crippen LogP contribution is 2.29. The maximum atomic E-state index is 13.6. The molecule has 3 rings (SSSR count). The van der Waals surface area contributed by atoms with Crippen molar-refractivity contribution < 1.29 is 13.9 Å². The summed E-state index contributed by atoms with van der Waals surface area (Å²) in [6.45, 7) is 1.68. The van der Waals surface area contributed by atoms with Gasteiger partial charge in [-0.3, -0.25) is 4.79 Å². The second-order valence-electron chi connectivity index (χ2n) is 6.40. The number of piperidine rings is 1. The molecule has 1 aromatic carbocycles. The zero-order valence-electron chi connectivity index (χ0n) is 13.1. The van der Waals surface area contributed by atoms with Crippen molar-refractivity contribution in [1.29, 1.82) is 0 Å². The first-order chi connectivity index (χ1) is 10.5. The lowest BCUT2D eigenvalue weighted by molar-refractivity contribution is -0.139. The molecule has 0 aliphatic carbocycles. The van der Waals surface area contributed by atoms with Crippen molar-refractivity contribution in [2.45, 2.75) is 56.8 Å². The molecule has 1 aromatic rings. The van der Waals surface area contributed by atoms with Crippen LogP contribution in [0.25, 0.3) is 0 Å². The summed E-state index contributed by atoms with van der Waals surface area (Å²) in [4.78, 5) is 14.3. The lowest BCUT2D eigenvalue weighted by Gasteiger charge is -2.36. The SMILES string of the molecule is CC(Oc1ccccc1F)C(=O)N(C)C1CC2CCC(C1)N2. The van der Waals surface area contributed by atoms with E-state index in [4.69, 9.17) is 4.74 Å². The Morgan fingerprint density at radius 2 is 1.95 bits per heavy atom. The first kappa shape index (κ1) is 15.3. The number of halogens is 1. The third-order valence-electron chi connectivity index (χ3n) is 4.83. The Bertz CT molecular complexity index is 539. The highest BCUT2D eigenvalue weighted by Gasteiger charge is 2.37. The van der Waals surface area contributed by atoms with Crippen molar-refractivity contribution in [1.82, 2.24) is 10.2 Å². The van der Waals surface area contributed by atoms with Gasteiger partial charge in [0.05, 0.1) is 0 Å². The first-order valence-electron chi connectivity index (χ1n) is 7.98. The molecule has 2 bridgehead atoms. The van der Waals surface area contributed by atoms with Gasteiger partial charge in [0.1, 0.15) is 0 Å². The normalized spacial score (nSPS) is 28.2. The molecule has 2 aliphatic heterocycles. The maximum absolute atomic E-state index is 13.6. The molecule has 1 N–H and O–H groups in total. The Hall–Kier alpha value is -1.62. The fraction of sp³-hybridized carbons (Fsp3) is 0.588. The lowest BCUT2D eigenvalue weighted by Crippen LogP contribution is -2.51. The minimum Gasteiger partial charge on any atom is -0.478 e. The van der Waals surface area contributed by atoms with Gasteiger partial charge in [0, 0.05) is 25.2 Å². The fourth-order valence-electron chi connectivity index (χ4n) is 3.59. The van der Waals surface area contributed by atoms with Crippen molar-refractivity contribution >= 4 is 5.91 Å². The molecule has 2 aliphatic rings. The van der Waals surface area contributed by atoms with Gasteiger partial charge in [0.25, 0.3) is 5.91 Å². The Kier molecular flexibility index (Phi) is 4.34. The van der Waals surface area contributed by atoms with E-state index < -0.39 is 11.9 Å². The number of nitrogens with zero attached hydrogens (tertiary/aromatic N) is 1. The summed E-state index contributed by atoms with van der Waals surface area (Å²) in [5.74, 6) is -0.401. The number of benzene rings is 1. The summed E-state index contributed by atoms with van der Waals surface area (Å²) in [7, 11) is 1.83. The van der Waals surface area contributed by atoms with Crippen LogP contribution in [0.1, 0.15) is 32.6 Å². The van der Waals surface area contributed by atoms with Crippen LogP contribution in [0, 0.1) is 5.82 Å². The Labute approximate surface area is 130 Å². The summed E-state index contributed by atoms with van der Waals surface area (Å²) in [5, 5.41) is 3.57. The minimum atomic E-state index is -0.686. The standard InChI is InChI=1S/C17H23FN2O2/c1-11(22-16-6-4-3-5-15(16)18)17(21)20(2)14-9-12-7-8-13(10-14)19-12/h3-6,11-14,19H,7-10H2,1-2H3. The van der Waals surface area contributed by atoms with Crippen molar-refractivity contribution in [3.05, 3.63) is 30.1 Å². The monoisotopic (exact) mass is 306 g/mol. The number of rotatable bonds is 4. The van der Waals surface area contributed by atoms with Crippen molar-refractivity contribution in [3.63, 3.8) is 0 Å². The smallest absolute Gasteiger partial charge is 0.263 e. The van der Waals surface area contributed by atoms with Crippen LogP contribution in [0.5, 0.6) is 5.75 Å². The van der Waals surface area contributed by atoms with E-state index in [1.807, 2.05) is 7.05 Å². The van der Waals surface area contributed by atoms with Gasteiger partial charge in [-0.05, 0) is 44.7 Å². The summed E-state index contributed by atoms with van der Waals surface area (Å²) < 4.78 is 19.1. The van der Waals surface area contributed by atoms with Gasteiger partial charge in [-0.2, -0.15) is 0 Å². The van der Waals surface area contributed by atoms with Crippen LogP contribution in [0.2, 0.25) is 0 Å². The molecule has 22 heavy (non-hydrogen) atoms. The van der Waals surface area contributed by atoms with Gasteiger partial charge in [0.15, 0.2) is 17.7 Å². The number of fused-ring (bicyclic) bond motifs is 2. The van der Waals surface area contributed by atoms with E-state index in [1.54, 1.807) is 30.0 Å². The number of nitrogens with one attached hydrogen (secondary N) is 1. The van der Waals surface area contributed by atoms with Crippen LogP contribution >= 0.6 is 0 Å². The highest BCUT2D eigenvalue weighted by molar-refractivity contribution is 5.81. The van der Waals surface area contributed by atoms with E-state index in [-0.39, 0.29) is 17.7 Å². The van der Waals surface area contributed by atoms with Crippen molar-refractivity contribution in [2.75, 3.05) is 7.05 Å². The molecular weight excluding hydrogens is 283 g/mol. The van der Waals surface area contributed by atoms with Gasteiger partial charge >= 0.3 is 0 Å². The molecule has 3 unspecified atom stereocenters. The summed E-state index contributed by atoms with van der Waals surface area (Å²) in [6.07, 6.45) is 3.69. The number of carbonyl (C=O) groups is 1. The third-order valence-corrected chi connectivity index (χ3v) is 4.83. The number of para-hydroxylation sites is 1. The summed E-state index contributed by atoms with van der Waals surface area (Å²) in [5.41, 5.74) is 0. The number of hydrogen-bond donors (Lipinski definition) is 1. The van der Waals surface area contributed by atoms with Gasteiger partial charge < -0.3 is 15.0 Å². The molecular formula is C17H23FN2O2. The summed E-state index contributed by atoms with van der Waals surface area (Å²) in [6, 6.07) is 7.49. The van der Waals surface area contributed by atoms with Crippen LogP contribution in [0.3, 0.4) is 0 Å². The molecule has 0 spiro atoms. The average molecular weight is 306 g/mol. The van der Waals surface area contributed by atoms with E-state index in [2.05, 4.69) is 5.32 Å². The molecule has 3 atom stereocenters. The molecule has 0 radical (unpaired) electrons. The molecule has 0 saturated carbocycles. The van der Waals surface area contributed by atoms with E-state index in [1.165, 1.54) is 18.9 Å². The second kappa shape index (κ2) is 6.24. The zero-order valence-corrected chi connectivity index (χ0v) is 13.1. The predicted octanol–water partition coefficient (Wildman–Crippen LogP) is 2.33. The molecule has 2 fully saturated rings. The molecule has 5 heteroatoms. The van der Waals surface area contributed by atoms with Crippen LogP contribution in [0.4, 0.5) is 4.39 Å². The molecule has 2 saturated heterocycles. The molecule has 2 heterocycles. The largest absolute Gasteiger partial charge is 0.478 e. The van der Waals surface area contributed by atoms with Gasteiger partial charge in [-0.15, -0.1) is 0 Å². The number of amides is 1. The third kappa shape index (κ3) is 3.09. The predicted molar refractivity (Wildman–Crippen MR) is 82.2 cm³/mol. The van der Waals surface area contributed by atoms with Gasteiger partial charge in [-0.25, -0.2) is 4.39 Å². The minimum absolute atomic E-state index is 0.0884. The molecule has 1 amide bonds. The number of ether oxygens (including phenoxy) is 1. The van der Waals surface area contributed by atoms with Crippen LogP contribution < -0.4 is 10.1 Å². The number of likely N-dealkylation sites (N-methyl/N-ethyl adjacent to an activating group) is 1. The van der Waals surface area contributed by atoms with Crippen LogP contribution in [0.15, 0.2) is 24.3 Å². The Morgan fingerprint density at radius 1 is 1.32 bits per heavy atom. The maximum Gasteiger partial charge on any atom is 0.263 e. The summed E-state index contributed by atoms with van der Waals surface area (Å²) >= 11 is 0. The second-order valence-corrected chi connectivity index (χ2v) is 6.40. The topological polar surface area (TPSA) is 41.6 Å².